The molecular formula is C22H19N3O. The highest BCUT2D eigenvalue weighted by Crippen LogP contribution is 2.31. The summed E-state index contributed by atoms with van der Waals surface area (Å²) in [6, 6.07) is 28.3. The topological polar surface area (TPSA) is 39.1 Å². The summed E-state index contributed by atoms with van der Waals surface area (Å²) in [5.74, 6) is 0.828. The van der Waals surface area contributed by atoms with E-state index in [9.17, 15) is 0 Å². The molecule has 0 bridgehead atoms. The van der Waals surface area contributed by atoms with E-state index < -0.39 is 0 Å². The van der Waals surface area contributed by atoms with Crippen LogP contribution in [-0.4, -0.2) is 16.8 Å². The van der Waals surface area contributed by atoms with Crippen LogP contribution in [0.3, 0.4) is 0 Å². The minimum atomic E-state index is 0.828. The monoisotopic (exact) mass is 341 g/mol. The molecular weight excluding hydrogens is 322 g/mol. The lowest BCUT2D eigenvalue weighted by Crippen LogP contribution is -2.09. The third kappa shape index (κ3) is 3.17. The van der Waals surface area contributed by atoms with E-state index in [1.807, 2.05) is 71.7 Å². The van der Waals surface area contributed by atoms with Crippen LogP contribution in [0, 0.1) is 0 Å². The molecule has 0 saturated heterocycles. The number of hydrogen-bond donors (Lipinski definition) is 1. The van der Waals surface area contributed by atoms with Gasteiger partial charge in [0.1, 0.15) is 12.1 Å². The van der Waals surface area contributed by atoms with Crippen LogP contribution in [0.1, 0.15) is 0 Å². The lowest BCUT2D eigenvalue weighted by atomic mass is 10.1. The van der Waals surface area contributed by atoms with Gasteiger partial charge in [-0.1, -0.05) is 60.7 Å². The van der Waals surface area contributed by atoms with Gasteiger partial charge in [-0.2, -0.15) is 0 Å². The van der Waals surface area contributed by atoms with Crippen molar-refractivity contribution in [2.24, 2.45) is 0 Å². The fraction of sp³-hybridized carbons (Fsp3) is 0.0455. The van der Waals surface area contributed by atoms with Crippen LogP contribution in [0.15, 0.2) is 91.3 Å². The highest BCUT2D eigenvalue weighted by molar-refractivity contribution is 5.79. The Morgan fingerprint density at radius 2 is 1.38 bits per heavy atom. The predicted octanol–water partition coefficient (Wildman–Crippen LogP) is 5.10. The van der Waals surface area contributed by atoms with Crippen molar-refractivity contribution in [2.45, 2.75) is 0 Å². The molecule has 4 rings (SSSR count). The molecule has 1 N–H and O–H groups in total. The van der Waals surface area contributed by atoms with Crippen LogP contribution in [0.2, 0.25) is 0 Å². The molecule has 0 unspecified atom stereocenters. The molecule has 0 fully saturated rings. The zero-order valence-corrected chi connectivity index (χ0v) is 14.5. The standard InChI is InChI=1S/C22H19N3O/c1-26-20-14-12-19(13-15-20)24-25-16-23-21(17-8-4-2-5-9-17)22(25)18-10-6-3-7-11-18/h2-16,24H,1H3. The van der Waals surface area contributed by atoms with Crippen LogP contribution < -0.4 is 10.2 Å². The SMILES string of the molecule is COc1ccc(Nn2cnc(-c3ccccc3)c2-c2ccccc2)cc1. The Kier molecular flexibility index (Phi) is 4.39. The molecule has 0 aliphatic heterocycles. The number of nitrogens with zero attached hydrogens (tertiary/aromatic N) is 2. The number of rotatable bonds is 5. The smallest absolute Gasteiger partial charge is 0.119 e. The van der Waals surface area contributed by atoms with Crippen LogP contribution >= 0.6 is 0 Å². The Hall–Kier alpha value is -3.53. The number of imidazole rings is 1. The summed E-state index contributed by atoms with van der Waals surface area (Å²) in [4.78, 5) is 4.67. The lowest BCUT2D eigenvalue weighted by Gasteiger charge is -2.13. The fourth-order valence-electron chi connectivity index (χ4n) is 2.92. The fourth-order valence-corrected chi connectivity index (χ4v) is 2.92. The highest BCUT2D eigenvalue weighted by atomic mass is 16.5. The molecule has 0 atom stereocenters. The minimum absolute atomic E-state index is 0.828. The van der Waals surface area contributed by atoms with Gasteiger partial charge in [-0.15, -0.1) is 0 Å². The third-order valence-corrected chi connectivity index (χ3v) is 4.20. The molecule has 26 heavy (non-hydrogen) atoms. The second-order valence-electron chi connectivity index (χ2n) is 5.88. The van der Waals surface area contributed by atoms with Crippen molar-refractivity contribution in [3.63, 3.8) is 0 Å². The summed E-state index contributed by atoms with van der Waals surface area (Å²) in [5.41, 5.74) is 8.52. The average Bonchev–Trinajstić information content (AvgIpc) is 3.13. The summed E-state index contributed by atoms with van der Waals surface area (Å²) in [6.07, 6.45) is 1.81. The Morgan fingerprint density at radius 1 is 0.769 bits per heavy atom. The van der Waals surface area contributed by atoms with Crippen molar-refractivity contribution in [3.8, 4) is 28.3 Å². The van der Waals surface area contributed by atoms with Crippen molar-refractivity contribution in [3.05, 3.63) is 91.3 Å². The van der Waals surface area contributed by atoms with E-state index in [1.54, 1.807) is 7.11 Å². The van der Waals surface area contributed by atoms with Crippen LogP contribution in [0.5, 0.6) is 5.75 Å². The van der Waals surface area contributed by atoms with Gasteiger partial charge < -0.3 is 4.74 Å². The van der Waals surface area contributed by atoms with Gasteiger partial charge in [-0.25, -0.2) is 9.66 Å². The third-order valence-electron chi connectivity index (χ3n) is 4.20. The molecule has 128 valence electrons. The molecule has 0 saturated carbocycles. The Balaban J connectivity index is 1.78. The number of anilines is 1. The van der Waals surface area contributed by atoms with E-state index in [4.69, 9.17) is 4.74 Å². The van der Waals surface area contributed by atoms with Gasteiger partial charge in [0, 0.05) is 11.1 Å². The van der Waals surface area contributed by atoms with E-state index in [2.05, 4.69) is 34.7 Å². The van der Waals surface area contributed by atoms with Gasteiger partial charge in [-0.3, -0.25) is 5.43 Å². The minimum Gasteiger partial charge on any atom is -0.497 e. The Morgan fingerprint density at radius 3 is 2.00 bits per heavy atom. The lowest BCUT2D eigenvalue weighted by molar-refractivity contribution is 0.415. The van der Waals surface area contributed by atoms with Crippen molar-refractivity contribution in [1.82, 2.24) is 9.66 Å². The van der Waals surface area contributed by atoms with Gasteiger partial charge in [-0.05, 0) is 24.3 Å². The zero-order chi connectivity index (χ0) is 17.8. The first-order valence-electron chi connectivity index (χ1n) is 8.44. The molecule has 0 amide bonds. The van der Waals surface area contributed by atoms with Gasteiger partial charge >= 0.3 is 0 Å². The first-order valence-corrected chi connectivity index (χ1v) is 8.44. The van der Waals surface area contributed by atoms with Crippen LogP contribution in [-0.2, 0) is 0 Å². The molecule has 4 nitrogen and oxygen atoms in total. The maximum Gasteiger partial charge on any atom is 0.119 e. The quantitative estimate of drug-likeness (QED) is 0.549. The normalized spacial score (nSPS) is 10.5. The van der Waals surface area contributed by atoms with Gasteiger partial charge in [0.15, 0.2) is 0 Å². The summed E-state index contributed by atoms with van der Waals surface area (Å²) in [7, 11) is 1.66. The van der Waals surface area contributed by atoms with Crippen molar-refractivity contribution >= 4 is 5.69 Å². The summed E-state index contributed by atoms with van der Waals surface area (Å²) in [6.45, 7) is 0. The highest BCUT2D eigenvalue weighted by Gasteiger charge is 2.15. The predicted molar refractivity (Wildman–Crippen MR) is 105 cm³/mol. The molecule has 0 radical (unpaired) electrons. The van der Waals surface area contributed by atoms with Gasteiger partial charge in [0.2, 0.25) is 0 Å². The number of nitrogens with one attached hydrogen (secondary N) is 1. The average molecular weight is 341 g/mol. The first kappa shape index (κ1) is 16.0. The number of aromatic nitrogens is 2. The summed E-state index contributed by atoms with van der Waals surface area (Å²) < 4.78 is 7.19. The number of ether oxygens (including phenoxy) is 1. The summed E-state index contributed by atoms with van der Waals surface area (Å²) in [5, 5.41) is 0. The number of methoxy groups -OCH3 is 1. The van der Waals surface area contributed by atoms with Gasteiger partial charge in [0.05, 0.1) is 24.2 Å². The van der Waals surface area contributed by atoms with E-state index >= 15 is 0 Å². The summed E-state index contributed by atoms with van der Waals surface area (Å²) >= 11 is 0. The molecule has 4 aromatic rings. The first-order chi connectivity index (χ1) is 12.8. The maximum absolute atomic E-state index is 5.23. The van der Waals surface area contributed by atoms with Gasteiger partial charge in [0.25, 0.3) is 0 Å². The van der Waals surface area contributed by atoms with E-state index in [0.717, 1.165) is 34.0 Å². The second kappa shape index (κ2) is 7.15. The van der Waals surface area contributed by atoms with Crippen molar-refractivity contribution in [2.75, 3.05) is 12.5 Å². The Labute approximate surface area is 152 Å². The Bertz CT molecular complexity index is 977. The molecule has 0 aliphatic carbocycles. The zero-order valence-electron chi connectivity index (χ0n) is 14.5. The van der Waals surface area contributed by atoms with E-state index in [1.165, 1.54) is 0 Å². The maximum atomic E-state index is 5.23. The van der Waals surface area contributed by atoms with Crippen molar-refractivity contribution < 1.29 is 4.74 Å². The molecule has 3 aromatic carbocycles. The van der Waals surface area contributed by atoms with Crippen LogP contribution in [0.4, 0.5) is 5.69 Å². The molecule has 1 aromatic heterocycles. The number of benzene rings is 3. The largest absolute Gasteiger partial charge is 0.497 e. The second-order valence-corrected chi connectivity index (χ2v) is 5.88. The van der Waals surface area contributed by atoms with Crippen molar-refractivity contribution in [1.29, 1.82) is 0 Å². The molecule has 0 aliphatic rings. The molecule has 4 heteroatoms. The number of hydrogen-bond acceptors (Lipinski definition) is 3. The van der Waals surface area contributed by atoms with E-state index in [-0.39, 0.29) is 0 Å². The molecule has 0 spiro atoms. The molecule has 1 heterocycles. The van der Waals surface area contributed by atoms with E-state index in [0.29, 0.717) is 0 Å². The van der Waals surface area contributed by atoms with Crippen LogP contribution in [0.25, 0.3) is 22.5 Å².